The van der Waals surface area contributed by atoms with E-state index in [1.807, 2.05) is 24.3 Å². The lowest BCUT2D eigenvalue weighted by Crippen LogP contribution is -2.13. The maximum absolute atomic E-state index is 12.0. The van der Waals surface area contributed by atoms with Crippen molar-refractivity contribution in [3.63, 3.8) is 0 Å². The standard InChI is InChI=1S/C12H11BrN2O2/c1-7-11(8(2)17-15-7)12(16)14-10-5-3-4-9(13)6-10/h3-6H,1-2H3,(H,14,16). The second-order valence-electron chi connectivity index (χ2n) is 3.66. The van der Waals surface area contributed by atoms with Crippen molar-refractivity contribution in [1.82, 2.24) is 5.16 Å². The van der Waals surface area contributed by atoms with E-state index in [-0.39, 0.29) is 5.91 Å². The predicted molar refractivity (Wildman–Crippen MR) is 68.1 cm³/mol. The third-order valence-electron chi connectivity index (χ3n) is 2.34. The van der Waals surface area contributed by atoms with E-state index in [0.29, 0.717) is 17.0 Å². The molecule has 0 unspecified atom stereocenters. The Morgan fingerprint density at radius 2 is 2.18 bits per heavy atom. The van der Waals surface area contributed by atoms with Crippen molar-refractivity contribution in [3.05, 3.63) is 45.8 Å². The lowest BCUT2D eigenvalue weighted by molar-refractivity contribution is 0.102. The first-order valence-corrected chi connectivity index (χ1v) is 5.87. The van der Waals surface area contributed by atoms with Crippen molar-refractivity contribution < 1.29 is 9.32 Å². The summed E-state index contributed by atoms with van der Waals surface area (Å²) >= 11 is 3.35. The van der Waals surface area contributed by atoms with Gasteiger partial charge in [-0.3, -0.25) is 4.79 Å². The molecule has 17 heavy (non-hydrogen) atoms. The molecule has 1 aromatic carbocycles. The molecule has 2 rings (SSSR count). The van der Waals surface area contributed by atoms with Crippen LogP contribution < -0.4 is 5.32 Å². The maximum Gasteiger partial charge on any atom is 0.261 e. The molecule has 0 aliphatic heterocycles. The van der Waals surface area contributed by atoms with Gasteiger partial charge in [-0.2, -0.15) is 0 Å². The van der Waals surface area contributed by atoms with Gasteiger partial charge in [-0.05, 0) is 32.0 Å². The first kappa shape index (κ1) is 11.9. The second kappa shape index (κ2) is 4.71. The van der Waals surface area contributed by atoms with Gasteiger partial charge in [0.25, 0.3) is 5.91 Å². The van der Waals surface area contributed by atoms with Crippen LogP contribution in [0.15, 0.2) is 33.3 Å². The highest BCUT2D eigenvalue weighted by Gasteiger charge is 2.17. The van der Waals surface area contributed by atoms with Gasteiger partial charge in [0.2, 0.25) is 0 Å². The molecule has 0 aliphatic rings. The first-order chi connectivity index (χ1) is 8.08. The van der Waals surface area contributed by atoms with Gasteiger partial charge in [-0.25, -0.2) is 0 Å². The largest absolute Gasteiger partial charge is 0.361 e. The van der Waals surface area contributed by atoms with E-state index in [0.717, 1.165) is 10.2 Å². The van der Waals surface area contributed by atoms with Crippen LogP contribution in [0.3, 0.4) is 0 Å². The van der Waals surface area contributed by atoms with Gasteiger partial charge in [0, 0.05) is 10.2 Å². The van der Waals surface area contributed by atoms with Crippen LogP contribution in [0.4, 0.5) is 5.69 Å². The zero-order chi connectivity index (χ0) is 12.4. The summed E-state index contributed by atoms with van der Waals surface area (Å²) < 4.78 is 5.87. The summed E-state index contributed by atoms with van der Waals surface area (Å²) in [6.45, 7) is 3.46. The van der Waals surface area contributed by atoms with Crippen LogP contribution in [-0.4, -0.2) is 11.1 Å². The van der Waals surface area contributed by atoms with E-state index in [1.54, 1.807) is 13.8 Å². The highest BCUT2D eigenvalue weighted by atomic mass is 79.9. The molecule has 1 amide bonds. The minimum Gasteiger partial charge on any atom is -0.361 e. The number of hydrogen-bond acceptors (Lipinski definition) is 3. The smallest absolute Gasteiger partial charge is 0.261 e. The number of anilines is 1. The van der Waals surface area contributed by atoms with E-state index in [1.165, 1.54) is 0 Å². The zero-order valence-electron chi connectivity index (χ0n) is 9.45. The molecule has 0 radical (unpaired) electrons. The molecule has 1 heterocycles. The van der Waals surface area contributed by atoms with Gasteiger partial charge < -0.3 is 9.84 Å². The van der Waals surface area contributed by atoms with Gasteiger partial charge in [0.15, 0.2) is 0 Å². The number of hydrogen-bond donors (Lipinski definition) is 1. The van der Waals surface area contributed by atoms with Gasteiger partial charge in [-0.15, -0.1) is 0 Å². The summed E-state index contributed by atoms with van der Waals surface area (Å²) in [4.78, 5) is 12.0. The summed E-state index contributed by atoms with van der Waals surface area (Å²) in [5.74, 6) is 0.314. The molecule has 2 aromatic rings. The van der Waals surface area contributed by atoms with Crippen molar-refractivity contribution in [1.29, 1.82) is 0 Å². The number of benzene rings is 1. The number of amides is 1. The lowest BCUT2D eigenvalue weighted by Gasteiger charge is -2.04. The number of aromatic nitrogens is 1. The number of carbonyl (C=O) groups is 1. The minimum absolute atomic E-state index is 0.209. The van der Waals surface area contributed by atoms with Crippen LogP contribution in [0, 0.1) is 13.8 Å². The van der Waals surface area contributed by atoms with Gasteiger partial charge in [0.05, 0.1) is 5.69 Å². The Morgan fingerprint density at radius 3 is 2.76 bits per heavy atom. The van der Waals surface area contributed by atoms with Crippen LogP contribution in [0.5, 0.6) is 0 Å². The van der Waals surface area contributed by atoms with Crippen molar-refractivity contribution >= 4 is 27.5 Å². The molecular formula is C12H11BrN2O2. The quantitative estimate of drug-likeness (QED) is 0.924. The van der Waals surface area contributed by atoms with Crippen LogP contribution in [-0.2, 0) is 0 Å². The molecule has 5 heteroatoms. The number of halogens is 1. The number of nitrogens with zero attached hydrogens (tertiary/aromatic N) is 1. The predicted octanol–water partition coefficient (Wildman–Crippen LogP) is 3.31. The fourth-order valence-electron chi connectivity index (χ4n) is 1.57. The summed E-state index contributed by atoms with van der Waals surface area (Å²) in [6, 6.07) is 7.40. The Labute approximate surface area is 107 Å². The van der Waals surface area contributed by atoms with Crippen LogP contribution in [0.25, 0.3) is 0 Å². The van der Waals surface area contributed by atoms with Crippen LogP contribution in [0.1, 0.15) is 21.8 Å². The Balaban J connectivity index is 2.23. The molecule has 0 atom stereocenters. The second-order valence-corrected chi connectivity index (χ2v) is 4.58. The molecule has 4 nitrogen and oxygen atoms in total. The molecule has 0 bridgehead atoms. The molecule has 1 aromatic heterocycles. The molecule has 0 fully saturated rings. The van der Waals surface area contributed by atoms with Gasteiger partial charge in [0.1, 0.15) is 11.3 Å². The third-order valence-corrected chi connectivity index (χ3v) is 2.84. The molecule has 0 saturated heterocycles. The molecule has 1 N–H and O–H groups in total. The Kier molecular flexibility index (Phi) is 3.28. The maximum atomic E-state index is 12.0. The zero-order valence-corrected chi connectivity index (χ0v) is 11.0. The number of nitrogens with one attached hydrogen (secondary N) is 1. The summed E-state index contributed by atoms with van der Waals surface area (Å²) in [5, 5.41) is 6.55. The molecule has 0 saturated carbocycles. The number of carbonyl (C=O) groups excluding carboxylic acids is 1. The minimum atomic E-state index is -0.209. The Bertz CT molecular complexity index is 544. The highest BCUT2D eigenvalue weighted by molar-refractivity contribution is 9.10. The van der Waals surface area contributed by atoms with Crippen molar-refractivity contribution in [2.24, 2.45) is 0 Å². The van der Waals surface area contributed by atoms with E-state index in [9.17, 15) is 4.79 Å². The topological polar surface area (TPSA) is 55.1 Å². The van der Waals surface area contributed by atoms with E-state index in [4.69, 9.17) is 4.52 Å². The molecule has 0 aliphatic carbocycles. The van der Waals surface area contributed by atoms with Crippen molar-refractivity contribution in [2.75, 3.05) is 5.32 Å². The van der Waals surface area contributed by atoms with Crippen LogP contribution >= 0.6 is 15.9 Å². The molecular weight excluding hydrogens is 284 g/mol. The summed E-state index contributed by atoms with van der Waals surface area (Å²) in [7, 11) is 0. The molecule has 88 valence electrons. The Hall–Kier alpha value is -1.62. The normalized spacial score (nSPS) is 10.3. The lowest BCUT2D eigenvalue weighted by atomic mass is 10.2. The van der Waals surface area contributed by atoms with Crippen molar-refractivity contribution in [2.45, 2.75) is 13.8 Å². The third kappa shape index (κ3) is 2.55. The van der Waals surface area contributed by atoms with E-state index < -0.39 is 0 Å². The van der Waals surface area contributed by atoms with Gasteiger partial charge in [-0.1, -0.05) is 27.2 Å². The monoisotopic (exact) mass is 294 g/mol. The van der Waals surface area contributed by atoms with Gasteiger partial charge >= 0.3 is 0 Å². The fraction of sp³-hybridized carbons (Fsp3) is 0.167. The Morgan fingerprint density at radius 1 is 1.41 bits per heavy atom. The number of rotatable bonds is 2. The summed E-state index contributed by atoms with van der Waals surface area (Å²) in [6.07, 6.45) is 0. The summed E-state index contributed by atoms with van der Waals surface area (Å²) in [5.41, 5.74) is 1.81. The van der Waals surface area contributed by atoms with E-state index in [2.05, 4.69) is 26.4 Å². The SMILES string of the molecule is Cc1noc(C)c1C(=O)Nc1cccc(Br)c1. The fourth-order valence-corrected chi connectivity index (χ4v) is 1.97. The van der Waals surface area contributed by atoms with Crippen LogP contribution in [0.2, 0.25) is 0 Å². The average molecular weight is 295 g/mol. The van der Waals surface area contributed by atoms with E-state index >= 15 is 0 Å². The van der Waals surface area contributed by atoms with Crippen molar-refractivity contribution in [3.8, 4) is 0 Å². The first-order valence-electron chi connectivity index (χ1n) is 5.07. The number of aryl methyl sites for hydroxylation is 2. The molecule has 0 spiro atoms. The highest BCUT2D eigenvalue weighted by Crippen LogP contribution is 2.18. The average Bonchev–Trinajstić information content (AvgIpc) is 2.58.